The highest BCUT2D eigenvalue weighted by Crippen LogP contribution is 2.27. The van der Waals surface area contributed by atoms with Crippen molar-refractivity contribution in [3.8, 4) is 0 Å². The largest absolute Gasteiger partial charge is 0.339 e. The summed E-state index contributed by atoms with van der Waals surface area (Å²) in [7, 11) is 0. The van der Waals surface area contributed by atoms with Crippen molar-refractivity contribution in [1.82, 2.24) is 4.90 Å². The molecule has 0 aliphatic heterocycles. The molecule has 1 fully saturated rings. The van der Waals surface area contributed by atoms with E-state index in [4.69, 9.17) is 11.6 Å². The van der Waals surface area contributed by atoms with E-state index >= 15 is 0 Å². The standard InChI is InChI=1S/C13H15BrClNO/c14-7-8-16(12-5-6-12)13(17)9-10-1-3-11(15)4-2-10/h1-4,12H,5-9H2. The summed E-state index contributed by atoms with van der Waals surface area (Å²) >= 11 is 9.22. The average molecular weight is 317 g/mol. The van der Waals surface area contributed by atoms with Crippen molar-refractivity contribution in [2.45, 2.75) is 25.3 Å². The first-order valence-electron chi connectivity index (χ1n) is 5.80. The molecule has 2 rings (SSSR count). The van der Waals surface area contributed by atoms with Gasteiger partial charge in [-0.2, -0.15) is 0 Å². The lowest BCUT2D eigenvalue weighted by Gasteiger charge is -2.21. The van der Waals surface area contributed by atoms with Crippen LogP contribution in [0.2, 0.25) is 5.02 Å². The third-order valence-electron chi connectivity index (χ3n) is 2.90. The van der Waals surface area contributed by atoms with E-state index in [1.807, 2.05) is 29.2 Å². The summed E-state index contributed by atoms with van der Waals surface area (Å²) in [6.45, 7) is 0.803. The number of amides is 1. The Balaban J connectivity index is 1.96. The third kappa shape index (κ3) is 3.71. The molecule has 0 saturated heterocycles. The van der Waals surface area contributed by atoms with Crippen molar-refractivity contribution < 1.29 is 4.79 Å². The minimum Gasteiger partial charge on any atom is -0.339 e. The number of carbonyl (C=O) groups is 1. The molecule has 0 spiro atoms. The van der Waals surface area contributed by atoms with Crippen molar-refractivity contribution in [3.05, 3.63) is 34.9 Å². The Bertz CT molecular complexity index is 389. The van der Waals surface area contributed by atoms with Crippen LogP contribution in [0.3, 0.4) is 0 Å². The number of rotatable bonds is 5. The van der Waals surface area contributed by atoms with Gasteiger partial charge >= 0.3 is 0 Å². The van der Waals surface area contributed by atoms with E-state index in [2.05, 4.69) is 15.9 Å². The number of hydrogen-bond donors (Lipinski definition) is 0. The molecule has 1 aromatic carbocycles. The summed E-state index contributed by atoms with van der Waals surface area (Å²) in [6.07, 6.45) is 2.78. The zero-order chi connectivity index (χ0) is 12.3. The van der Waals surface area contributed by atoms with Crippen LogP contribution in [-0.2, 0) is 11.2 Å². The maximum atomic E-state index is 12.1. The fourth-order valence-electron chi connectivity index (χ4n) is 1.87. The molecule has 1 aliphatic rings. The number of benzene rings is 1. The fourth-order valence-corrected chi connectivity index (χ4v) is 2.37. The van der Waals surface area contributed by atoms with Gasteiger partial charge < -0.3 is 4.90 Å². The van der Waals surface area contributed by atoms with Crippen molar-refractivity contribution in [1.29, 1.82) is 0 Å². The molecule has 0 radical (unpaired) electrons. The normalized spacial score (nSPS) is 14.7. The lowest BCUT2D eigenvalue weighted by atomic mass is 10.1. The Morgan fingerprint density at radius 2 is 2.00 bits per heavy atom. The monoisotopic (exact) mass is 315 g/mol. The predicted molar refractivity (Wildman–Crippen MR) is 73.7 cm³/mol. The predicted octanol–water partition coefficient (Wildman–Crippen LogP) is 3.27. The SMILES string of the molecule is O=C(Cc1ccc(Cl)cc1)N(CCBr)C1CC1. The summed E-state index contributed by atoms with van der Waals surface area (Å²) in [5.41, 5.74) is 1.03. The van der Waals surface area contributed by atoms with Crippen molar-refractivity contribution >= 4 is 33.4 Å². The Kier molecular flexibility index (Phi) is 4.46. The fraction of sp³-hybridized carbons (Fsp3) is 0.462. The van der Waals surface area contributed by atoms with Gasteiger partial charge in [0.2, 0.25) is 5.91 Å². The van der Waals surface area contributed by atoms with Crippen LogP contribution in [0.4, 0.5) is 0 Å². The number of carbonyl (C=O) groups excluding carboxylic acids is 1. The van der Waals surface area contributed by atoms with Crippen LogP contribution in [-0.4, -0.2) is 28.7 Å². The van der Waals surface area contributed by atoms with E-state index in [1.165, 1.54) is 0 Å². The molecule has 1 saturated carbocycles. The molecule has 2 nitrogen and oxygen atoms in total. The number of hydrogen-bond acceptors (Lipinski definition) is 1. The topological polar surface area (TPSA) is 20.3 Å². The Morgan fingerprint density at radius 3 is 2.53 bits per heavy atom. The van der Waals surface area contributed by atoms with Gasteiger partial charge in [-0.05, 0) is 30.5 Å². The molecule has 92 valence electrons. The van der Waals surface area contributed by atoms with E-state index in [0.717, 1.165) is 30.3 Å². The van der Waals surface area contributed by atoms with Crippen molar-refractivity contribution in [3.63, 3.8) is 0 Å². The quantitative estimate of drug-likeness (QED) is 0.764. The molecule has 4 heteroatoms. The Morgan fingerprint density at radius 1 is 1.35 bits per heavy atom. The molecule has 0 unspecified atom stereocenters. The minimum atomic E-state index is 0.217. The lowest BCUT2D eigenvalue weighted by molar-refractivity contribution is -0.130. The van der Waals surface area contributed by atoms with Gasteiger partial charge in [-0.1, -0.05) is 39.7 Å². The van der Waals surface area contributed by atoms with Crippen LogP contribution < -0.4 is 0 Å². The van der Waals surface area contributed by atoms with Crippen molar-refractivity contribution in [2.24, 2.45) is 0 Å². The maximum Gasteiger partial charge on any atom is 0.227 e. The van der Waals surface area contributed by atoms with Crippen LogP contribution >= 0.6 is 27.5 Å². The molecule has 0 N–H and O–H groups in total. The molecule has 1 amide bonds. The van der Waals surface area contributed by atoms with Gasteiger partial charge in [0.15, 0.2) is 0 Å². The molecule has 1 aromatic rings. The summed E-state index contributed by atoms with van der Waals surface area (Å²) in [6, 6.07) is 7.97. The Labute approximate surface area is 115 Å². The molecule has 0 atom stereocenters. The van der Waals surface area contributed by atoms with Crippen LogP contribution in [0.5, 0.6) is 0 Å². The number of halogens is 2. The number of nitrogens with zero attached hydrogens (tertiary/aromatic N) is 1. The van der Waals surface area contributed by atoms with Gasteiger partial charge in [0.25, 0.3) is 0 Å². The van der Waals surface area contributed by atoms with E-state index in [9.17, 15) is 4.79 Å². The summed E-state index contributed by atoms with van der Waals surface area (Å²) in [5, 5.41) is 1.55. The lowest BCUT2D eigenvalue weighted by Crippen LogP contribution is -2.35. The molecule has 0 heterocycles. The molecule has 17 heavy (non-hydrogen) atoms. The van der Waals surface area contributed by atoms with Crippen LogP contribution in [0.1, 0.15) is 18.4 Å². The third-order valence-corrected chi connectivity index (χ3v) is 3.51. The highest BCUT2D eigenvalue weighted by molar-refractivity contribution is 9.09. The van der Waals surface area contributed by atoms with E-state index in [-0.39, 0.29) is 5.91 Å². The summed E-state index contributed by atoms with van der Waals surface area (Å²) in [5.74, 6) is 0.217. The van der Waals surface area contributed by atoms with Gasteiger partial charge in [0.1, 0.15) is 0 Å². The van der Waals surface area contributed by atoms with E-state index in [0.29, 0.717) is 17.5 Å². The first-order chi connectivity index (χ1) is 8.20. The second-order valence-corrected chi connectivity index (χ2v) is 5.54. The van der Waals surface area contributed by atoms with Crippen LogP contribution in [0.15, 0.2) is 24.3 Å². The molecule has 0 bridgehead atoms. The van der Waals surface area contributed by atoms with Gasteiger partial charge in [-0.15, -0.1) is 0 Å². The zero-order valence-corrected chi connectivity index (χ0v) is 11.9. The van der Waals surface area contributed by atoms with Crippen LogP contribution in [0, 0.1) is 0 Å². The van der Waals surface area contributed by atoms with Gasteiger partial charge in [0.05, 0.1) is 6.42 Å². The van der Waals surface area contributed by atoms with Crippen LogP contribution in [0.25, 0.3) is 0 Å². The van der Waals surface area contributed by atoms with Gasteiger partial charge in [-0.3, -0.25) is 4.79 Å². The molecule has 0 aromatic heterocycles. The van der Waals surface area contributed by atoms with Crippen molar-refractivity contribution in [2.75, 3.05) is 11.9 Å². The molecular formula is C13H15BrClNO. The highest BCUT2D eigenvalue weighted by atomic mass is 79.9. The molecule has 1 aliphatic carbocycles. The second kappa shape index (κ2) is 5.87. The first-order valence-corrected chi connectivity index (χ1v) is 7.30. The van der Waals surface area contributed by atoms with E-state index < -0.39 is 0 Å². The first kappa shape index (κ1) is 12.9. The average Bonchev–Trinajstić information content (AvgIpc) is 3.13. The smallest absolute Gasteiger partial charge is 0.227 e. The van der Waals surface area contributed by atoms with E-state index in [1.54, 1.807) is 0 Å². The van der Waals surface area contributed by atoms with Gasteiger partial charge in [-0.25, -0.2) is 0 Å². The summed E-state index contributed by atoms with van der Waals surface area (Å²) < 4.78 is 0. The minimum absolute atomic E-state index is 0.217. The number of alkyl halides is 1. The van der Waals surface area contributed by atoms with Gasteiger partial charge in [0, 0.05) is 22.9 Å². The maximum absolute atomic E-state index is 12.1. The summed E-state index contributed by atoms with van der Waals surface area (Å²) in [4.78, 5) is 14.1. The highest BCUT2D eigenvalue weighted by Gasteiger charge is 2.31. The zero-order valence-electron chi connectivity index (χ0n) is 9.53. The Hall–Kier alpha value is -0.540. The molecular weight excluding hydrogens is 302 g/mol. The second-order valence-electron chi connectivity index (χ2n) is 4.31.